The van der Waals surface area contributed by atoms with Gasteiger partial charge in [-0.25, -0.2) is 4.79 Å². The van der Waals surface area contributed by atoms with Crippen molar-refractivity contribution in [3.8, 4) is 0 Å². The molecule has 206 valence electrons. The minimum absolute atomic E-state index is 0.00175. The number of rotatable bonds is 9. The summed E-state index contributed by atoms with van der Waals surface area (Å²) in [6, 6.07) is 21.8. The number of fused-ring (bicyclic) bond motifs is 1. The number of anilines is 2. The molecule has 3 aromatic rings. The molecule has 0 spiro atoms. The Morgan fingerprint density at radius 1 is 0.923 bits per heavy atom. The zero-order valence-corrected chi connectivity index (χ0v) is 23.8. The lowest BCUT2D eigenvalue weighted by molar-refractivity contribution is -0.123. The van der Waals surface area contributed by atoms with Crippen molar-refractivity contribution in [3.05, 3.63) is 94.5 Å². The van der Waals surface area contributed by atoms with Crippen LogP contribution in [0.4, 0.5) is 11.4 Å². The number of hydrogen-bond donors (Lipinski definition) is 2. The Kier molecular flexibility index (Phi) is 8.05. The fourth-order valence-electron chi connectivity index (χ4n) is 5.88. The number of aryl methyl sites for hydroxylation is 1. The van der Waals surface area contributed by atoms with Crippen LogP contribution in [0.2, 0.25) is 0 Å². The number of amides is 1. The summed E-state index contributed by atoms with van der Waals surface area (Å²) in [5, 5.41) is 10.1. The van der Waals surface area contributed by atoms with Gasteiger partial charge in [-0.2, -0.15) is 0 Å². The van der Waals surface area contributed by atoms with Gasteiger partial charge in [0, 0.05) is 31.7 Å². The molecule has 1 atom stereocenters. The highest BCUT2D eigenvalue weighted by Gasteiger charge is 2.47. The highest BCUT2D eigenvalue weighted by Crippen LogP contribution is 2.43. The van der Waals surface area contributed by atoms with Crippen LogP contribution in [0.25, 0.3) is 0 Å². The lowest BCUT2D eigenvalue weighted by atomic mass is 9.78. The molecule has 0 aliphatic carbocycles. The summed E-state index contributed by atoms with van der Waals surface area (Å²) < 4.78 is 0. The molecule has 1 amide bonds. The van der Waals surface area contributed by atoms with Gasteiger partial charge in [0.25, 0.3) is 0 Å². The summed E-state index contributed by atoms with van der Waals surface area (Å²) in [5.41, 5.74) is 10.8. The molecule has 6 heteroatoms. The Morgan fingerprint density at radius 2 is 1.54 bits per heavy atom. The van der Waals surface area contributed by atoms with Crippen LogP contribution >= 0.6 is 0 Å². The number of aromatic carboxylic acids is 1. The van der Waals surface area contributed by atoms with E-state index in [0.717, 1.165) is 48.3 Å². The van der Waals surface area contributed by atoms with Crippen molar-refractivity contribution in [2.75, 3.05) is 29.4 Å². The Balaban J connectivity index is 1.93. The Bertz CT molecular complexity index is 1320. The van der Waals surface area contributed by atoms with Crippen molar-refractivity contribution in [1.29, 1.82) is 0 Å². The highest BCUT2D eigenvalue weighted by molar-refractivity contribution is 5.99. The molecule has 3 aromatic carbocycles. The second-order valence-corrected chi connectivity index (χ2v) is 11.4. The van der Waals surface area contributed by atoms with E-state index in [1.54, 1.807) is 12.1 Å². The number of carboxylic acids is 1. The maximum absolute atomic E-state index is 13.8. The third-order valence-corrected chi connectivity index (χ3v) is 8.07. The topological polar surface area (TPSA) is 86.9 Å². The number of nitrogens with zero attached hydrogens (tertiary/aromatic N) is 2. The lowest BCUT2D eigenvalue weighted by Crippen LogP contribution is -2.58. The number of carbonyl (C=O) groups excluding carboxylic acids is 1. The van der Waals surface area contributed by atoms with E-state index in [-0.39, 0.29) is 11.0 Å². The molecule has 3 N–H and O–H groups in total. The number of para-hydroxylation sites is 1. The van der Waals surface area contributed by atoms with Crippen LogP contribution in [0.5, 0.6) is 0 Å². The van der Waals surface area contributed by atoms with Crippen molar-refractivity contribution in [1.82, 2.24) is 0 Å². The molecule has 0 saturated heterocycles. The maximum atomic E-state index is 13.8. The van der Waals surface area contributed by atoms with E-state index >= 15 is 0 Å². The molecule has 0 aromatic heterocycles. The van der Waals surface area contributed by atoms with Crippen LogP contribution in [-0.2, 0) is 28.6 Å². The third-order valence-electron chi connectivity index (χ3n) is 8.07. The van der Waals surface area contributed by atoms with Gasteiger partial charge < -0.3 is 20.6 Å². The predicted octanol–water partition coefficient (Wildman–Crippen LogP) is 5.90. The summed E-state index contributed by atoms with van der Waals surface area (Å²) in [6.07, 6.45) is 1.87. The van der Waals surface area contributed by atoms with Crippen molar-refractivity contribution in [3.63, 3.8) is 0 Å². The Morgan fingerprint density at radius 3 is 2.08 bits per heavy atom. The number of carbonyl (C=O) groups is 2. The molecule has 1 aliphatic heterocycles. The van der Waals surface area contributed by atoms with Crippen LogP contribution in [0, 0.1) is 0 Å². The summed E-state index contributed by atoms with van der Waals surface area (Å²) in [7, 11) is 0. The van der Waals surface area contributed by atoms with Gasteiger partial charge in [-0.3, -0.25) is 4.79 Å². The molecular weight excluding hydrogens is 486 g/mol. The number of nitrogens with two attached hydrogens (primary N) is 1. The molecule has 0 saturated carbocycles. The summed E-state index contributed by atoms with van der Waals surface area (Å²) in [6.45, 7) is 13.0. The van der Waals surface area contributed by atoms with Gasteiger partial charge in [0.2, 0.25) is 5.91 Å². The van der Waals surface area contributed by atoms with Crippen molar-refractivity contribution < 1.29 is 14.7 Å². The zero-order chi connectivity index (χ0) is 28.4. The SMILES string of the molecule is CCN(CC)c1ccc(C(Cc2ccc(C(C)(C)C)cc2)(C(N)=O)N2CCCc3cccc(C(=O)O)c32)cc1. The van der Waals surface area contributed by atoms with E-state index in [1.165, 1.54) is 5.56 Å². The number of primary amides is 1. The Labute approximate surface area is 232 Å². The first kappa shape index (κ1) is 28.2. The largest absolute Gasteiger partial charge is 0.478 e. The molecule has 39 heavy (non-hydrogen) atoms. The van der Waals surface area contributed by atoms with Crippen LogP contribution in [0.3, 0.4) is 0 Å². The second-order valence-electron chi connectivity index (χ2n) is 11.4. The van der Waals surface area contributed by atoms with Gasteiger partial charge in [-0.15, -0.1) is 0 Å². The van der Waals surface area contributed by atoms with E-state index in [0.29, 0.717) is 18.7 Å². The van der Waals surface area contributed by atoms with Gasteiger partial charge in [0.1, 0.15) is 5.54 Å². The van der Waals surface area contributed by atoms with Gasteiger partial charge in [-0.1, -0.05) is 69.3 Å². The minimum atomic E-state index is -1.27. The minimum Gasteiger partial charge on any atom is -0.478 e. The maximum Gasteiger partial charge on any atom is 0.337 e. The average molecular weight is 528 g/mol. The molecule has 0 radical (unpaired) electrons. The standard InChI is InChI=1S/C33H41N3O3/c1-6-35(7-2)27-19-17-26(18-20-27)33(31(34)39,22-23-13-15-25(16-14-23)32(3,4)5)36-21-9-11-24-10-8-12-28(29(24)36)30(37)38/h8,10,12-20H,6-7,9,11,21-22H2,1-5H3,(H2,34,39)(H,37,38). The molecule has 1 heterocycles. The first-order valence-corrected chi connectivity index (χ1v) is 13.9. The van der Waals surface area contributed by atoms with E-state index in [1.807, 2.05) is 35.2 Å². The highest BCUT2D eigenvalue weighted by atomic mass is 16.4. The fraction of sp³-hybridized carbons (Fsp3) is 0.394. The summed E-state index contributed by atoms with van der Waals surface area (Å²) in [5.74, 6) is -1.51. The monoisotopic (exact) mass is 527 g/mol. The number of carboxylic acid groups (broad SMARTS) is 1. The predicted molar refractivity (Wildman–Crippen MR) is 159 cm³/mol. The first-order chi connectivity index (χ1) is 18.5. The van der Waals surface area contributed by atoms with E-state index in [9.17, 15) is 14.7 Å². The summed E-state index contributed by atoms with van der Waals surface area (Å²) in [4.78, 5) is 30.4. The average Bonchev–Trinajstić information content (AvgIpc) is 2.92. The van der Waals surface area contributed by atoms with Crippen LogP contribution in [0.15, 0.2) is 66.7 Å². The van der Waals surface area contributed by atoms with E-state index < -0.39 is 17.4 Å². The lowest BCUT2D eigenvalue weighted by Gasteiger charge is -2.47. The molecule has 0 fully saturated rings. The van der Waals surface area contributed by atoms with Crippen LogP contribution < -0.4 is 15.5 Å². The third kappa shape index (κ3) is 5.38. The fourth-order valence-corrected chi connectivity index (χ4v) is 5.88. The summed E-state index contributed by atoms with van der Waals surface area (Å²) >= 11 is 0. The molecule has 1 aliphatic rings. The van der Waals surface area contributed by atoms with Gasteiger partial charge in [0.05, 0.1) is 11.3 Å². The van der Waals surface area contributed by atoms with Crippen LogP contribution in [0.1, 0.15) is 73.7 Å². The van der Waals surface area contributed by atoms with Crippen molar-refractivity contribution in [2.24, 2.45) is 5.73 Å². The molecule has 4 rings (SSSR count). The van der Waals surface area contributed by atoms with E-state index in [4.69, 9.17) is 5.73 Å². The van der Waals surface area contributed by atoms with Gasteiger partial charge >= 0.3 is 5.97 Å². The molecule has 0 bridgehead atoms. The number of hydrogen-bond acceptors (Lipinski definition) is 4. The second kappa shape index (κ2) is 11.1. The van der Waals surface area contributed by atoms with Gasteiger partial charge in [-0.05, 0) is 72.6 Å². The van der Waals surface area contributed by atoms with Crippen molar-refractivity contribution in [2.45, 2.75) is 64.8 Å². The zero-order valence-electron chi connectivity index (χ0n) is 23.8. The van der Waals surface area contributed by atoms with E-state index in [2.05, 4.69) is 63.8 Å². The Hall–Kier alpha value is -3.80. The molecule has 1 unspecified atom stereocenters. The smallest absolute Gasteiger partial charge is 0.337 e. The molecular formula is C33H41N3O3. The first-order valence-electron chi connectivity index (χ1n) is 13.9. The normalized spacial score (nSPS) is 14.8. The van der Waals surface area contributed by atoms with Crippen LogP contribution in [-0.4, -0.2) is 36.6 Å². The van der Waals surface area contributed by atoms with Gasteiger partial charge in [0.15, 0.2) is 0 Å². The number of benzene rings is 3. The van der Waals surface area contributed by atoms with Crippen molar-refractivity contribution >= 4 is 23.3 Å². The quantitative estimate of drug-likeness (QED) is 0.362. The molecule has 6 nitrogen and oxygen atoms in total.